The molecular formula is C18H27N3O2. The van der Waals surface area contributed by atoms with Gasteiger partial charge in [0.05, 0.1) is 13.7 Å². The first-order chi connectivity index (χ1) is 11.0. The van der Waals surface area contributed by atoms with E-state index in [2.05, 4.69) is 49.0 Å². The van der Waals surface area contributed by atoms with Crippen LogP contribution in [0.15, 0.2) is 12.1 Å². The quantitative estimate of drug-likeness (QED) is 0.825. The van der Waals surface area contributed by atoms with E-state index in [1.807, 2.05) is 6.07 Å². The minimum atomic E-state index is 0.0368. The predicted molar refractivity (Wildman–Crippen MR) is 94.0 cm³/mol. The third kappa shape index (κ3) is 3.85. The van der Waals surface area contributed by atoms with Gasteiger partial charge in [-0.3, -0.25) is 9.69 Å². The van der Waals surface area contributed by atoms with Crippen molar-refractivity contribution in [3.63, 3.8) is 0 Å². The van der Waals surface area contributed by atoms with Gasteiger partial charge >= 0.3 is 0 Å². The minimum absolute atomic E-state index is 0.0368. The standard InChI is InChI=1S/C18H27N3O2/c1-6-21(7-2)11-18(22)19-10-14-8-16-15(9-17(14)23-5)12(3)13(4)20-16/h8-9,20H,6-7,10-11H2,1-5H3,(H,19,22). The summed E-state index contributed by atoms with van der Waals surface area (Å²) in [4.78, 5) is 17.5. The molecule has 2 N–H and O–H groups in total. The molecule has 5 heteroatoms. The number of nitrogens with zero attached hydrogens (tertiary/aromatic N) is 1. The van der Waals surface area contributed by atoms with Crippen LogP contribution in [0.2, 0.25) is 0 Å². The zero-order chi connectivity index (χ0) is 17.0. The lowest BCUT2D eigenvalue weighted by Gasteiger charge is -2.17. The normalized spacial score (nSPS) is 11.2. The van der Waals surface area contributed by atoms with E-state index < -0.39 is 0 Å². The van der Waals surface area contributed by atoms with Crippen molar-refractivity contribution in [2.75, 3.05) is 26.7 Å². The Labute approximate surface area is 138 Å². The second-order valence-corrected chi connectivity index (χ2v) is 5.82. The number of ether oxygens (including phenoxy) is 1. The Hall–Kier alpha value is -2.01. The van der Waals surface area contributed by atoms with Crippen molar-refractivity contribution in [3.8, 4) is 5.75 Å². The number of benzene rings is 1. The van der Waals surface area contributed by atoms with Gasteiger partial charge in [-0.2, -0.15) is 0 Å². The van der Waals surface area contributed by atoms with E-state index in [0.29, 0.717) is 13.1 Å². The van der Waals surface area contributed by atoms with Crippen LogP contribution < -0.4 is 10.1 Å². The Balaban J connectivity index is 2.14. The predicted octanol–water partition coefficient (Wildman–Crippen LogP) is 2.75. The number of fused-ring (bicyclic) bond motifs is 1. The number of carbonyl (C=O) groups excluding carboxylic acids is 1. The van der Waals surface area contributed by atoms with Gasteiger partial charge in [0, 0.05) is 28.7 Å². The molecule has 1 aromatic heterocycles. The van der Waals surface area contributed by atoms with Crippen molar-refractivity contribution in [2.45, 2.75) is 34.2 Å². The summed E-state index contributed by atoms with van der Waals surface area (Å²) in [6, 6.07) is 4.10. The zero-order valence-electron chi connectivity index (χ0n) is 14.7. The number of methoxy groups -OCH3 is 1. The second kappa shape index (κ2) is 7.51. The topological polar surface area (TPSA) is 57.4 Å². The summed E-state index contributed by atoms with van der Waals surface area (Å²) in [5, 5.41) is 4.15. The van der Waals surface area contributed by atoms with Crippen LogP contribution in [0.1, 0.15) is 30.7 Å². The van der Waals surface area contributed by atoms with E-state index >= 15 is 0 Å². The third-order valence-corrected chi connectivity index (χ3v) is 4.45. The van der Waals surface area contributed by atoms with Crippen LogP contribution >= 0.6 is 0 Å². The molecule has 0 saturated carbocycles. The van der Waals surface area contributed by atoms with E-state index in [0.717, 1.165) is 41.0 Å². The molecule has 0 bridgehead atoms. The first-order valence-corrected chi connectivity index (χ1v) is 8.14. The highest BCUT2D eigenvalue weighted by Gasteiger charge is 2.12. The van der Waals surface area contributed by atoms with E-state index in [4.69, 9.17) is 4.74 Å². The van der Waals surface area contributed by atoms with Crippen molar-refractivity contribution < 1.29 is 9.53 Å². The van der Waals surface area contributed by atoms with E-state index in [1.165, 1.54) is 5.56 Å². The van der Waals surface area contributed by atoms with Crippen LogP contribution in [0.4, 0.5) is 0 Å². The van der Waals surface area contributed by atoms with Crippen molar-refractivity contribution in [1.82, 2.24) is 15.2 Å². The van der Waals surface area contributed by atoms with Crippen LogP contribution in [-0.4, -0.2) is 42.5 Å². The highest BCUT2D eigenvalue weighted by atomic mass is 16.5. The van der Waals surface area contributed by atoms with Crippen molar-refractivity contribution in [2.24, 2.45) is 0 Å². The fourth-order valence-electron chi connectivity index (χ4n) is 2.76. The van der Waals surface area contributed by atoms with Gasteiger partial charge in [0.15, 0.2) is 0 Å². The molecule has 0 aliphatic carbocycles. The number of aromatic amines is 1. The second-order valence-electron chi connectivity index (χ2n) is 5.82. The smallest absolute Gasteiger partial charge is 0.234 e. The number of likely N-dealkylation sites (N-methyl/N-ethyl adjacent to an activating group) is 1. The summed E-state index contributed by atoms with van der Waals surface area (Å²) in [6.45, 7) is 10.9. The molecule has 0 aliphatic rings. The van der Waals surface area contributed by atoms with Gasteiger partial charge in [-0.25, -0.2) is 0 Å². The van der Waals surface area contributed by atoms with E-state index in [1.54, 1.807) is 7.11 Å². The molecule has 5 nitrogen and oxygen atoms in total. The molecule has 2 rings (SSSR count). The molecule has 2 aromatic rings. The van der Waals surface area contributed by atoms with Gasteiger partial charge in [-0.1, -0.05) is 13.8 Å². The van der Waals surface area contributed by atoms with Crippen LogP contribution in [0, 0.1) is 13.8 Å². The Bertz CT molecular complexity index is 687. The number of carbonyl (C=O) groups is 1. The maximum Gasteiger partial charge on any atom is 0.234 e. The molecule has 0 unspecified atom stereocenters. The molecule has 0 radical (unpaired) electrons. The van der Waals surface area contributed by atoms with Crippen molar-refractivity contribution in [3.05, 3.63) is 29.0 Å². The lowest BCUT2D eigenvalue weighted by molar-refractivity contribution is -0.122. The molecule has 0 saturated heterocycles. The van der Waals surface area contributed by atoms with E-state index in [-0.39, 0.29) is 5.91 Å². The molecule has 23 heavy (non-hydrogen) atoms. The first kappa shape index (κ1) is 17.3. The van der Waals surface area contributed by atoms with Gasteiger partial charge in [-0.05, 0) is 44.6 Å². The number of rotatable bonds is 7. The number of hydrogen-bond donors (Lipinski definition) is 2. The molecule has 0 atom stereocenters. The average molecular weight is 317 g/mol. The largest absolute Gasteiger partial charge is 0.496 e. The maximum atomic E-state index is 12.1. The highest BCUT2D eigenvalue weighted by molar-refractivity contribution is 5.87. The van der Waals surface area contributed by atoms with Crippen molar-refractivity contribution >= 4 is 16.8 Å². The number of nitrogens with one attached hydrogen (secondary N) is 2. The van der Waals surface area contributed by atoms with Crippen LogP contribution in [0.3, 0.4) is 0 Å². The Morgan fingerprint density at radius 3 is 2.57 bits per heavy atom. The summed E-state index contributed by atoms with van der Waals surface area (Å²) in [5.41, 5.74) is 4.45. The molecule has 0 aliphatic heterocycles. The van der Waals surface area contributed by atoms with Gasteiger partial charge in [0.25, 0.3) is 0 Å². The summed E-state index contributed by atoms with van der Waals surface area (Å²) < 4.78 is 5.50. The van der Waals surface area contributed by atoms with E-state index in [9.17, 15) is 4.79 Å². The van der Waals surface area contributed by atoms with Crippen LogP contribution in [-0.2, 0) is 11.3 Å². The van der Waals surface area contributed by atoms with Gasteiger partial charge in [0.2, 0.25) is 5.91 Å². The number of amides is 1. The van der Waals surface area contributed by atoms with Gasteiger partial charge in [-0.15, -0.1) is 0 Å². The third-order valence-electron chi connectivity index (χ3n) is 4.45. The van der Waals surface area contributed by atoms with Gasteiger partial charge in [0.1, 0.15) is 5.75 Å². The van der Waals surface area contributed by atoms with Crippen LogP contribution in [0.5, 0.6) is 5.75 Å². The Kier molecular flexibility index (Phi) is 5.66. The Morgan fingerprint density at radius 1 is 1.26 bits per heavy atom. The lowest BCUT2D eigenvalue weighted by atomic mass is 10.1. The molecule has 1 aromatic carbocycles. The maximum absolute atomic E-state index is 12.1. The monoisotopic (exact) mass is 317 g/mol. The fraction of sp³-hybridized carbons (Fsp3) is 0.500. The molecule has 0 fully saturated rings. The number of aryl methyl sites for hydroxylation is 2. The number of hydrogen-bond acceptors (Lipinski definition) is 3. The highest BCUT2D eigenvalue weighted by Crippen LogP contribution is 2.29. The molecular weight excluding hydrogens is 290 g/mol. The summed E-state index contributed by atoms with van der Waals surface area (Å²) in [7, 11) is 1.66. The molecule has 0 spiro atoms. The fourth-order valence-corrected chi connectivity index (χ4v) is 2.76. The van der Waals surface area contributed by atoms with Crippen molar-refractivity contribution in [1.29, 1.82) is 0 Å². The number of H-pyrrole nitrogens is 1. The summed E-state index contributed by atoms with van der Waals surface area (Å²) >= 11 is 0. The van der Waals surface area contributed by atoms with Gasteiger partial charge < -0.3 is 15.0 Å². The van der Waals surface area contributed by atoms with Crippen LogP contribution in [0.25, 0.3) is 10.9 Å². The molecule has 1 heterocycles. The first-order valence-electron chi connectivity index (χ1n) is 8.14. The summed E-state index contributed by atoms with van der Waals surface area (Å²) in [5.74, 6) is 0.845. The molecule has 126 valence electrons. The number of aromatic nitrogens is 1. The zero-order valence-corrected chi connectivity index (χ0v) is 14.7. The summed E-state index contributed by atoms with van der Waals surface area (Å²) in [6.07, 6.45) is 0. The molecule has 1 amide bonds. The Morgan fingerprint density at radius 2 is 1.96 bits per heavy atom. The minimum Gasteiger partial charge on any atom is -0.496 e. The lowest BCUT2D eigenvalue weighted by Crippen LogP contribution is -2.36. The SMILES string of the molecule is CCN(CC)CC(=O)NCc1cc2[nH]c(C)c(C)c2cc1OC. The average Bonchev–Trinajstić information content (AvgIpc) is 2.83.